The predicted molar refractivity (Wildman–Crippen MR) is 103 cm³/mol. The number of benzene rings is 3. The Bertz CT molecular complexity index is 1040. The van der Waals surface area contributed by atoms with Crippen molar-refractivity contribution in [2.24, 2.45) is 0 Å². The summed E-state index contributed by atoms with van der Waals surface area (Å²) in [6, 6.07) is 16.9. The molecule has 154 valence electrons. The number of carbonyl (C=O) groups is 2. The zero-order valence-corrected chi connectivity index (χ0v) is 15.4. The van der Waals surface area contributed by atoms with Gasteiger partial charge in [0.25, 0.3) is 5.91 Å². The van der Waals surface area contributed by atoms with Crippen LogP contribution in [-0.4, -0.2) is 17.9 Å². The molecule has 3 rings (SSSR count). The van der Waals surface area contributed by atoms with Gasteiger partial charge in [0.05, 0.1) is 5.56 Å². The van der Waals surface area contributed by atoms with Gasteiger partial charge in [-0.15, -0.1) is 0 Å². The third-order valence-electron chi connectivity index (χ3n) is 4.20. The Hall–Kier alpha value is -3.68. The van der Waals surface area contributed by atoms with Crippen LogP contribution in [0.3, 0.4) is 0 Å². The molecule has 0 radical (unpaired) electrons. The van der Waals surface area contributed by atoms with E-state index in [4.69, 9.17) is 0 Å². The molecule has 0 aromatic heterocycles. The monoisotopic (exact) mass is 416 g/mol. The zero-order chi connectivity index (χ0) is 21.7. The van der Waals surface area contributed by atoms with Crippen molar-refractivity contribution in [1.29, 1.82) is 0 Å². The number of Topliss-reactive ketones (excluding diaryl/α,β-unsaturated/α-hetero) is 1. The summed E-state index contributed by atoms with van der Waals surface area (Å²) in [6.07, 6.45) is -5.91. The van der Waals surface area contributed by atoms with Gasteiger partial charge in [-0.2, -0.15) is 13.2 Å². The number of amides is 1. The lowest BCUT2D eigenvalue weighted by molar-refractivity contribution is -0.137. The van der Waals surface area contributed by atoms with Crippen LogP contribution in [-0.2, 0) is 6.18 Å². The number of halogens is 4. The summed E-state index contributed by atoms with van der Waals surface area (Å²) >= 11 is 0. The number of hydrogen-bond acceptors (Lipinski definition) is 3. The fourth-order valence-corrected chi connectivity index (χ4v) is 2.70. The number of ketones is 1. The third kappa shape index (κ3) is 5.22. The molecule has 0 fully saturated rings. The van der Waals surface area contributed by atoms with E-state index in [0.717, 1.165) is 24.3 Å². The topological polar surface area (TPSA) is 58.2 Å². The van der Waals surface area contributed by atoms with Crippen LogP contribution in [0.4, 0.5) is 23.2 Å². The fraction of sp³-hybridized carbons (Fsp3) is 0.0909. The summed E-state index contributed by atoms with van der Waals surface area (Å²) in [4.78, 5) is 25.4. The van der Waals surface area contributed by atoms with Gasteiger partial charge in [-0.25, -0.2) is 4.39 Å². The summed E-state index contributed by atoms with van der Waals surface area (Å²) in [5, 5.41) is 5.10. The lowest BCUT2D eigenvalue weighted by Gasteiger charge is -2.21. The normalized spacial score (nSPS) is 12.1. The molecule has 3 aromatic carbocycles. The van der Waals surface area contributed by atoms with Crippen molar-refractivity contribution in [2.45, 2.75) is 12.3 Å². The molecular weight excluding hydrogens is 400 g/mol. The molecule has 0 unspecified atom stereocenters. The average Bonchev–Trinajstić information content (AvgIpc) is 2.73. The minimum absolute atomic E-state index is 0.00138. The largest absolute Gasteiger partial charge is 0.416 e. The van der Waals surface area contributed by atoms with Crippen molar-refractivity contribution in [3.05, 3.63) is 101 Å². The van der Waals surface area contributed by atoms with Crippen molar-refractivity contribution < 1.29 is 27.2 Å². The first-order valence-electron chi connectivity index (χ1n) is 8.83. The number of alkyl halides is 3. The Morgan fingerprint density at radius 1 is 0.800 bits per heavy atom. The van der Waals surface area contributed by atoms with E-state index in [2.05, 4.69) is 10.6 Å². The van der Waals surface area contributed by atoms with Gasteiger partial charge in [-0.05, 0) is 42.5 Å². The Balaban J connectivity index is 1.89. The maximum atomic E-state index is 13.1. The standard InChI is InChI=1S/C22H16F4N2O2/c23-17-11-9-15(10-12-17)21(30)28-20(19(29)14-5-2-1-3-6-14)27-18-8-4-7-16(13-18)22(24,25)26/h1-13,20,27H,(H,28,30)/t20-/m1/s1. The first-order valence-corrected chi connectivity index (χ1v) is 8.83. The summed E-state index contributed by atoms with van der Waals surface area (Å²) < 4.78 is 52.1. The van der Waals surface area contributed by atoms with Crippen molar-refractivity contribution in [3.63, 3.8) is 0 Å². The van der Waals surface area contributed by atoms with Crippen LogP contribution >= 0.6 is 0 Å². The quantitative estimate of drug-likeness (QED) is 0.342. The van der Waals surface area contributed by atoms with E-state index in [1.165, 1.54) is 36.4 Å². The molecule has 8 heteroatoms. The van der Waals surface area contributed by atoms with Crippen LogP contribution in [0.5, 0.6) is 0 Å². The van der Waals surface area contributed by atoms with Crippen LogP contribution in [0, 0.1) is 5.82 Å². The highest BCUT2D eigenvalue weighted by atomic mass is 19.4. The highest BCUT2D eigenvalue weighted by molar-refractivity contribution is 6.05. The third-order valence-corrected chi connectivity index (χ3v) is 4.20. The Morgan fingerprint density at radius 3 is 2.10 bits per heavy atom. The first-order chi connectivity index (χ1) is 14.2. The second-order valence-corrected chi connectivity index (χ2v) is 6.37. The first kappa shape index (κ1) is 21.0. The van der Waals surface area contributed by atoms with E-state index in [0.29, 0.717) is 0 Å². The van der Waals surface area contributed by atoms with Crippen molar-refractivity contribution in [2.75, 3.05) is 5.32 Å². The van der Waals surface area contributed by atoms with Crippen LogP contribution in [0.25, 0.3) is 0 Å². The van der Waals surface area contributed by atoms with Gasteiger partial charge in [0.2, 0.25) is 5.78 Å². The second-order valence-electron chi connectivity index (χ2n) is 6.37. The Labute approximate surface area is 169 Å². The van der Waals surface area contributed by atoms with Crippen molar-refractivity contribution >= 4 is 17.4 Å². The molecule has 1 atom stereocenters. The smallest absolute Gasteiger partial charge is 0.359 e. The van der Waals surface area contributed by atoms with Gasteiger partial charge in [0, 0.05) is 16.8 Å². The van der Waals surface area contributed by atoms with E-state index in [1.54, 1.807) is 18.2 Å². The van der Waals surface area contributed by atoms with E-state index in [1.807, 2.05) is 0 Å². The lowest BCUT2D eigenvalue weighted by atomic mass is 10.1. The minimum atomic E-state index is -4.56. The highest BCUT2D eigenvalue weighted by Gasteiger charge is 2.31. The van der Waals surface area contributed by atoms with Crippen LogP contribution in [0.1, 0.15) is 26.3 Å². The number of rotatable bonds is 6. The Kier molecular flexibility index (Phi) is 6.15. The lowest BCUT2D eigenvalue weighted by Crippen LogP contribution is -2.46. The number of hydrogen-bond donors (Lipinski definition) is 2. The average molecular weight is 416 g/mol. The summed E-state index contributed by atoms with van der Waals surface area (Å²) in [6.45, 7) is 0. The maximum Gasteiger partial charge on any atom is 0.416 e. The summed E-state index contributed by atoms with van der Waals surface area (Å²) in [5.74, 6) is -1.78. The van der Waals surface area contributed by atoms with Gasteiger partial charge in [-0.1, -0.05) is 36.4 Å². The van der Waals surface area contributed by atoms with Crippen LogP contribution in [0.2, 0.25) is 0 Å². The minimum Gasteiger partial charge on any atom is -0.359 e. The maximum absolute atomic E-state index is 13.1. The molecule has 0 saturated carbocycles. The summed E-state index contributed by atoms with van der Waals surface area (Å²) in [7, 11) is 0. The van der Waals surface area contributed by atoms with Gasteiger partial charge in [-0.3, -0.25) is 9.59 Å². The highest BCUT2D eigenvalue weighted by Crippen LogP contribution is 2.30. The molecule has 30 heavy (non-hydrogen) atoms. The van der Waals surface area contributed by atoms with E-state index in [-0.39, 0.29) is 16.8 Å². The summed E-state index contributed by atoms with van der Waals surface area (Å²) in [5.41, 5.74) is -0.559. The number of nitrogens with one attached hydrogen (secondary N) is 2. The van der Waals surface area contributed by atoms with Gasteiger partial charge in [0.15, 0.2) is 6.17 Å². The van der Waals surface area contributed by atoms with E-state index >= 15 is 0 Å². The molecule has 3 aromatic rings. The van der Waals surface area contributed by atoms with Crippen LogP contribution in [0.15, 0.2) is 78.9 Å². The van der Waals surface area contributed by atoms with Crippen molar-refractivity contribution in [1.82, 2.24) is 5.32 Å². The molecule has 0 aliphatic rings. The van der Waals surface area contributed by atoms with E-state index < -0.39 is 35.4 Å². The molecule has 2 N–H and O–H groups in total. The van der Waals surface area contributed by atoms with Gasteiger partial charge >= 0.3 is 6.18 Å². The van der Waals surface area contributed by atoms with Crippen molar-refractivity contribution in [3.8, 4) is 0 Å². The van der Waals surface area contributed by atoms with Gasteiger partial charge < -0.3 is 10.6 Å². The number of anilines is 1. The molecule has 0 heterocycles. The van der Waals surface area contributed by atoms with Gasteiger partial charge in [0.1, 0.15) is 5.82 Å². The number of carbonyl (C=O) groups excluding carboxylic acids is 2. The van der Waals surface area contributed by atoms with Crippen LogP contribution < -0.4 is 10.6 Å². The predicted octanol–water partition coefficient (Wildman–Crippen LogP) is 4.90. The molecule has 0 bridgehead atoms. The van der Waals surface area contributed by atoms with E-state index in [9.17, 15) is 27.2 Å². The molecule has 4 nitrogen and oxygen atoms in total. The fourth-order valence-electron chi connectivity index (χ4n) is 2.70. The zero-order valence-electron chi connectivity index (χ0n) is 15.4. The molecule has 0 saturated heterocycles. The molecular formula is C22H16F4N2O2. The Morgan fingerprint density at radius 2 is 1.47 bits per heavy atom. The SMILES string of the molecule is O=C(N[C@@H](Nc1cccc(C(F)(F)F)c1)C(=O)c1ccccc1)c1ccc(F)cc1. The molecule has 0 aliphatic carbocycles. The molecule has 1 amide bonds. The molecule has 0 aliphatic heterocycles. The second kappa shape index (κ2) is 8.77. The molecule has 0 spiro atoms.